The summed E-state index contributed by atoms with van der Waals surface area (Å²) in [7, 11) is 0. The normalized spacial score (nSPS) is 18.6. The van der Waals surface area contributed by atoms with Crippen molar-refractivity contribution in [2.75, 3.05) is 0 Å². The van der Waals surface area contributed by atoms with E-state index >= 15 is 0 Å². The molecule has 0 bridgehead atoms. The number of para-hydroxylation sites is 1. The molecule has 2 aliphatic rings. The van der Waals surface area contributed by atoms with Crippen LogP contribution in [-0.4, -0.2) is 28.8 Å². The molecular weight excluding hydrogens is 439 g/mol. The Morgan fingerprint density at radius 2 is 1.77 bits per heavy atom. The van der Waals surface area contributed by atoms with Crippen molar-refractivity contribution >= 4 is 47.1 Å². The van der Waals surface area contributed by atoms with Gasteiger partial charge >= 0.3 is 6.03 Å². The van der Waals surface area contributed by atoms with Crippen LogP contribution in [0.4, 0.5) is 4.79 Å². The summed E-state index contributed by atoms with van der Waals surface area (Å²) in [6.07, 6.45) is 4.89. The van der Waals surface area contributed by atoms with Gasteiger partial charge in [-0.15, -0.1) is 0 Å². The highest BCUT2D eigenvalue weighted by Crippen LogP contribution is 2.29. The fourth-order valence-electron chi connectivity index (χ4n) is 3.84. The third-order valence-electron chi connectivity index (χ3n) is 5.42. The average Bonchev–Trinajstić information content (AvgIpc) is 3.27. The smallest absolute Gasteiger partial charge is 0.331 e. The Morgan fingerprint density at radius 3 is 2.52 bits per heavy atom. The first-order valence-electron chi connectivity index (χ1n) is 10.0. The van der Waals surface area contributed by atoms with Crippen molar-refractivity contribution in [2.45, 2.75) is 38.3 Å². The van der Waals surface area contributed by atoms with Crippen LogP contribution in [0.5, 0.6) is 5.75 Å². The lowest BCUT2D eigenvalue weighted by Gasteiger charge is -2.31. The fourth-order valence-corrected chi connectivity index (χ4v) is 4.16. The highest BCUT2D eigenvalue weighted by atomic mass is 35.5. The van der Waals surface area contributed by atoms with Crippen molar-refractivity contribution in [3.05, 3.63) is 69.2 Å². The lowest BCUT2D eigenvalue weighted by atomic mass is 10.0. The van der Waals surface area contributed by atoms with Crippen molar-refractivity contribution in [2.24, 2.45) is 0 Å². The van der Waals surface area contributed by atoms with Gasteiger partial charge in [0.15, 0.2) is 0 Å². The zero-order valence-corrected chi connectivity index (χ0v) is 18.1. The van der Waals surface area contributed by atoms with Crippen LogP contribution in [0.3, 0.4) is 0 Å². The summed E-state index contributed by atoms with van der Waals surface area (Å²) in [6, 6.07) is 11.5. The van der Waals surface area contributed by atoms with E-state index < -0.39 is 17.8 Å². The quantitative estimate of drug-likeness (QED) is 0.506. The van der Waals surface area contributed by atoms with Crippen LogP contribution in [0.15, 0.2) is 48.0 Å². The summed E-state index contributed by atoms with van der Waals surface area (Å²) in [6.45, 7) is 0.226. The van der Waals surface area contributed by atoms with Crippen LogP contribution in [0.25, 0.3) is 6.08 Å². The number of ether oxygens (including phenoxy) is 1. The molecule has 1 heterocycles. The van der Waals surface area contributed by atoms with Crippen molar-refractivity contribution < 1.29 is 19.1 Å². The number of urea groups is 1. The second kappa shape index (κ2) is 9.12. The maximum atomic E-state index is 13.0. The monoisotopic (exact) mass is 458 g/mol. The first-order valence-corrected chi connectivity index (χ1v) is 10.8. The van der Waals surface area contributed by atoms with E-state index in [1.165, 1.54) is 11.0 Å². The van der Waals surface area contributed by atoms with Crippen LogP contribution in [0.2, 0.25) is 10.0 Å². The molecular formula is C23H20Cl2N2O4. The molecule has 0 aromatic heterocycles. The molecule has 2 aromatic carbocycles. The zero-order valence-electron chi connectivity index (χ0n) is 16.6. The largest absolute Gasteiger partial charge is 0.488 e. The van der Waals surface area contributed by atoms with Gasteiger partial charge in [-0.3, -0.25) is 19.8 Å². The molecule has 1 aliphatic heterocycles. The molecule has 0 spiro atoms. The number of halogens is 2. The molecule has 1 saturated carbocycles. The number of rotatable bonds is 5. The highest BCUT2D eigenvalue weighted by molar-refractivity contribution is 6.42. The van der Waals surface area contributed by atoms with E-state index in [1.807, 2.05) is 0 Å². The summed E-state index contributed by atoms with van der Waals surface area (Å²) in [4.78, 5) is 38.9. The SMILES string of the molecule is O=C1NC(=O)N(C2CCCC2)C(=O)/C1=C/c1ccccc1OCc1ccc(Cl)c(Cl)c1. The molecule has 160 valence electrons. The van der Waals surface area contributed by atoms with Crippen LogP contribution in [0, 0.1) is 0 Å². The van der Waals surface area contributed by atoms with E-state index in [0.717, 1.165) is 31.2 Å². The van der Waals surface area contributed by atoms with Gasteiger partial charge in [0.25, 0.3) is 11.8 Å². The van der Waals surface area contributed by atoms with Gasteiger partial charge < -0.3 is 4.74 Å². The van der Waals surface area contributed by atoms with Crippen molar-refractivity contribution in [3.8, 4) is 5.75 Å². The van der Waals surface area contributed by atoms with Gasteiger partial charge in [-0.2, -0.15) is 0 Å². The molecule has 6 nitrogen and oxygen atoms in total. The van der Waals surface area contributed by atoms with Gasteiger partial charge in [0, 0.05) is 11.6 Å². The summed E-state index contributed by atoms with van der Waals surface area (Å²) in [5.41, 5.74) is 1.29. The second-order valence-corrected chi connectivity index (χ2v) is 8.32. The Hall–Kier alpha value is -2.83. The number of carbonyl (C=O) groups is 3. The molecule has 1 saturated heterocycles. The molecule has 1 N–H and O–H groups in total. The molecule has 2 fully saturated rings. The van der Waals surface area contributed by atoms with E-state index in [1.54, 1.807) is 42.5 Å². The summed E-state index contributed by atoms with van der Waals surface area (Å²) in [5, 5.41) is 3.17. The molecule has 4 rings (SSSR count). The van der Waals surface area contributed by atoms with Crippen LogP contribution in [-0.2, 0) is 16.2 Å². The van der Waals surface area contributed by atoms with Crippen LogP contribution >= 0.6 is 23.2 Å². The summed E-state index contributed by atoms with van der Waals surface area (Å²) < 4.78 is 5.91. The lowest BCUT2D eigenvalue weighted by molar-refractivity contribution is -0.131. The number of benzene rings is 2. The van der Waals surface area contributed by atoms with Gasteiger partial charge in [0.1, 0.15) is 17.9 Å². The average molecular weight is 459 g/mol. The maximum Gasteiger partial charge on any atom is 0.331 e. The zero-order chi connectivity index (χ0) is 22.0. The first-order chi connectivity index (χ1) is 14.9. The Morgan fingerprint density at radius 1 is 1.03 bits per heavy atom. The fraction of sp³-hybridized carbons (Fsp3) is 0.261. The van der Waals surface area contributed by atoms with Crippen LogP contribution in [0.1, 0.15) is 36.8 Å². The van der Waals surface area contributed by atoms with E-state index in [2.05, 4.69) is 5.32 Å². The number of hydrogen-bond acceptors (Lipinski definition) is 4. The maximum absolute atomic E-state index is 13.0. The van der Waals surface area contributed by atoms with Crippen LogP contribution < -0.4 is 10.1 Å². The number of imide groups is 2. The van der Waals surface area contributed by atoms with Crippen molar-refractivity contribution in [3.63, 3.8) is 0 Å². The number of nitrogens with zero attached hydrogens (tertiary/aromatic N) is 1. The van der Waals surface area contributed by atoms with Gasteiger partial charge in [-0.25, -0.2) is 4.79 Å². The molecule has 2 aromatic rings. The molecule has 1 aliphatic carbocycles. The Balaban J connectivity index is 1.58. The van der Waals surface area contributed by atoms with Gasteiger partial charge in [0.2, 0.25) is 0 Å². The minimum absolute atomic E-state index is 0.0860. The van der Waals surface area contributed by atoms with E-state index in [4.69, 9.17) is 27.9 Å². The molecule has 8 heteroatoms. The molecule has 0 unspecified atom stereocenters. The molecule has 0 atom stereocenters. The van der Waals surface area contributed by atoms with Gasteiger partial charge in [-0.05, 0) is 42.7 Å². The minimum Gasteiger partial charge on any atom is -0.488 e. The molecule has 0 radical (unpaired) electrons. The number of barbiturate groups is 1. The Labute approximate surface area is 189 Å². The number of amides is 4. The topological polar surface area (TPSA) is 75.7 Å². The van der Waals surface area contributed by atoms with Gasteiger partial charge in [0.05, 0.1) is 10.0 Å². The predicted molar refractivity (Wildman–Crippen MR) is 118 cm³/mol. The minimum atomic E-state index is -0.705. The molecule has 4 amide bonds. The van der Waals surface area contributed by atoms with E-state index in [9.17, 15) is 14.4 Å². The Kier molecular flexibility index (Phi) is 6.30. The number of hydrogen-bond donors (Lipinski definition) is 1. The van der Waals surface area contributed by atoms with Crippen molar-refractivity contribution in [1.82, 2.24) is 10.2 Å². The summed E-state index contributed by atoms with van der Waals surface area (Å²) >= 11 is 12.0. The number of nitrogens with one attached hydrogen (secondary N) is 1. The highest BCUT2D eigenvalue weighted by Gasteiger charge is 2.40. The second-order valence-electron chi connectivity index (χ2n) is 7.51. The van der Waals surface area contributed by atoms with E-state index in [-0.39, 0.29) is 18.2 Å². The third kappa shape index (κ3) is 4.60. The Bertz CT molecular complexity index is 1080. The predicted octanol–water partition coefficient (Wildman–Crippen LogP) is 4.98. The van der Waals surface area contributed by atoms with E-state index in [0.29, 0.717) is 21.4 Å². The number of carbonyl (C=O) groups excluding carboxylic acids is 3. The molecule has 31 heavy (non-hydrogen) atoms. The van der Waals surface area contributed by atoms with Gasteiger partial charge in [-0.1, -0.05) is 60.3 Å². The summed E-state index contributed by atoms with van der Waals surface area (Å²) in [5.74, 6) is -0.783. The standard InChI is InChI=1S/C23H20Cl2N2O4/c24-18-10-9-14(11-19(18)25)13-31-20-8-4-1-5-15(20)12-17-21(28)26-23(30)27(22(17)29)16-6-2-3-7-16/h1,4-5,8-12,16H,2-3,6-7,13H2,(H,26,28,30)/b17-12+. The first kappa shape index (κ1) is 21.4. The van der Waals surface area contributed by atoms with Crippen molar-refractivity contribution in [1.29, 1.82) is 0 Å². The third-order valence-corrected chi connectivity index (χ3v) is 6.16. The lowest BCUT2D eigenvalue weighted by Crippen LogP contribution is -2.57.